The number of nitriles is 1. The number of ether oxygens (including phenoxy) is 2. The van der Waals surface area contributed by atoms with Crippen molar-refractivity contribution in [1.29, 1.82) is 5.26 Å². The van der Waals surface area contributed by atoms with E-state index < -0.39 is 33.6 Å². The predicted molar refractivity (Wildman–Crippen MR) is 244 cm³/mol. The number of hydrogen-bond acceptors (Lipinski definition) is 12. The van der Waals surface area contributed by atoms with Gasteiger partial charge in [0.25, 0.3) is 5.56 Å². The number of urea groups is 1. The van der Waals surface area contributed by atoms with Crippen molar-refractivity contribution in [2.45, 2.75) is 76.0 Å². The quantitative estimate of drug-likeness (QED) is 0.178. The molecule has 5 aliphatic rings. The number of likely N-dealkylation sites (tertiary alicyclic amines) is 1. The second-order valence-corrected chi connectivity index (χ2v) is 20.4. The van der Waals surface area contributed by atoms with E-state index in [1.165, 1.54) is 30.1 Å². The number of halogens is 2. The molecule has 5 aromatic rings. The molecule has 21 heteroatoms. The maximum Gasteiger partial charge on any atom is 0.329 e. The second kappa shape index (κ2) is 16.8. The normalized spacial score (nSPS) is 21.1. The molecule has 1 unspecified atom stereocenters. The molecule has 1 atom stereocenters. The number of benzene rings is 3. The van der Waals surface area contributed by atoms with Crippen LogP contribution in [0.4, 0.5) is 30.8 Å². The molecule has 0 bridgehead atoms. The van der Waals surface area contributed by atoms with E-state index in [-0.39, 0.29) is 70.4 Å². The highest BCUT2D eigenvalue weighted by Crippen LogP contribution is 2.55. The van der Waals surface area contributed by atoms with Crippen LogP contribution in [0.5, 0.6) is 11.5 Å². The smallest absolute Gasteiger partial charge is 0.329 e. The van der Waals surface area contributed by atoms with E-state index >= 15 is 8.78 Å². The highest BCUT2D eigenvalue weighted by Gasteiger charge is 2.50. The van der Waals surface area contributed by atoms with Gasteiger partial charge >= 0.3 is 16.2 Å². The predicted octanol–water partition coefficient (Wildman–Crippen LogP) is 5.53. The van der Waals surface area contributed by atoms with Gasteiger partial charge in [0, 0.05) is 64.2 Å². The Labute approximate surface area is 385 Å². The van der Waals surface area contributed by atoms with Crippen LogP contribution < -0.4 is 30.1 Å². The number of aromatic nitrogens is 4. The number of imide groups is 1. The summed E-state index contributed by atoms with van der Waals surface area (Å²) >= 11 is 0. The molecule has 4 aliphatic heterocycles. The highest BCUT2D eigenvalue weighted by atomic mass is 32.2. The molecular formula is C46H51F2N11O7S. The Morgan fingerprint density at radius 1 is 0.970 bits per heavy atom. The van der Waals surface area contributed by atoms with Gasteiger partial charge in [-0.25, -0.2) is 18.6 Å². The fourth-order valence-electron chi connectivity index (χ4n) is 10.7. The van der Waals surface area contributed by atoms with Crippen LogP contribution in [0.3, 0.4) is 0 Å². The third-order valence-electron chi connectivity index (χ3n) is 14.8. The molecule has 6 heterocycles. The molecule has 10 rings (SSSR count). The minimum atomic E-state index is -4.01. The number of nitrogens with one attached hydrogen (secondary N) is 2. The zero-order valence-electron chi connectivity index (χ0n) is 37.4. The number of rotatable bonds is 10. The van der Waals surface area contributed by atoms with Gasteiger partial charge in [-0.1, -0.05) is 6.92 Å². The molecule has 1 aliphatic carbocycles. The van der Waals surface area contributed by atoms with Crippen LogP contribution >= 0.6 is 0 Å². The van der Waals surface area contributed by atoms with Crippen molar-refractivity contribution in [2.75, 3.05) is 67.4 Å². The average Bonchev–Trinajstić information content (AvgIpc) is 3.86. The molecule has 2 spiro atoms. The van der Waals surface area contributed by atoms with E-state index in [1.54, 1.807) is 41.7 Å². The zero-order valence-corrected chi connectivity index (χ0v) is 38.2. The molecule has 3 aromatic carbocycles. The number of nitrogens with zero attached hydrogens (tertiary/aromatic N) is 9. The number of aryl methyl sites for hydroxylation is 1. The summed E-state index contributed by atoms with van der Waals surface area (Å²) in [6.07, 6.45) is 7.88. The van der Waals surface area contributed by atoms with Crippen LogP contribution in [0.2, 0.25) is 0 Å². The lowest BCUT2D eigenvalue weighted by Crippen LogP contribution is -2.51. The van der Waals surface area contributed by atoms with Crippen LogP contribution in [0, 0.1) is 28.4 Å². The van der Waals surface area contributed by atoms with Gasteiger partial charge in [0.2, 0.25) is 5.91 Å². The maximum absolute atomic E-state index is 15.8. The molecule has 5 fully saturated rings. The summed E-state index contributed by atoms with van der Waals surface area (Å²) in [5.74, 6) is -1.68. The lowest BCUT2D eigenvalue weighted by molar-refractivity contribution is -0.120. The lowest BCUT2D eigenvalue weighted by Gasteiger charge is -2.53. The third-order valence-corrected chi connectivity index (χ3v) is 16.4. The Balaban J connectivity index is 0.748. The van der Waals surface area contributed by atoms with Gasteiger partial charge in [-0.3, -0.25) is 38.7 Å². The monoisotopic (exact) mass is 939 g/mol. The highest BCUT2D eigenvalue weighted by molar-refractivity contribution is 7.90. The SMILES string of the molecule is CCN(C)S(=O)(=O)Nc1ccc(F)c(Oc2ccc3ncn(C4CC5(CCN(C6COC7(CCN(c8cc9c(cc8F)c(N8CCC(=O)NC8=O)nn9C)CC7)C6)CC5)C4)c(=O)c3c2)c1C#N. The van der Waals surface area contributed by atoms with Crippen molar-refractivity contribution in [3.05, 3.63) is 76.3 Å². The Morgan fingerprint density at radius 2 is 1.73 bits per heavy atom. The van der Waals surface area contributed by atoms with Crippen molar-refractivity contribution in [3.63, 3.8) is 0 Å². The van der Waals surface area contributed by atoms with Gasteiger partial charge < -0.3 is 14.4 Å². The van der Waals surface area contributed by atoms with Crippen molar-refractivity contribution < 1.29 is 36.3 Å². The van der Waals surface area contributed by atoms with Crippen molar-refractivity contribution in [1.82, 2.24) is 33.9 Å². The standard InChI is InChI=1S/C46H51F2N11O7S/c1-4-54(2)67(63,64)53-37-8-6-34(47)41(33(37)25-49)66-30-5-7-36-31(19-30)43(61)59(27-50-36)28-22-45(23-28)10-15-56(16-11-45)29-24-46(65-26-29)12-17-57(18-13-46)39-21-38-32(20-35(39)48)42(52-55(38)3)58-14-9-40(60)51-44(58)62/h5-8,19-21,27-29,53H,4,9-18,22-24,26H2,1-3H3,(H,51,60,62). The van der Waals surface area contributed by atoms with Gasteiger partial charge in [0.05, 0.1) is 46.3 Å². The molecule has 4 saturated heterocycles. The molecular weight excluding hydrogens is 889 g/mol. The molecule has 67 heavy (non-hydrogen) atoms. The number of anilines is 3. The van der Waals surface area contributed by atoms with Gasteiger partial charge in [-0.2, -0.15) is 23.1 Å². The van der Waals surface area contributed by atoms with E-state index in [1.807, 2.05) is 6.07 Å². The molecule has 0 radical (unpaired) electrons. The van der Waals surface area contributed by atoms with Crippen LogP contribution in [0.1, 0.15) is 69.9 Å². The molecule has 18 nitrogen and oxygen atoms in total. The van der Waals surface area contributed by atoms with Crippen LogP contribution in [0.15, 0.2) is 53.6 Å². The minimum Gasteiger partial charge on any atom is -0.453 e. The van der Waals surface area contributed by atoms with E-state index in [4.69, 9.17) is 9.47 Å². The molecule has 2 aromatic heterocycles. The fraction of sp³-hybridized carbons (Fsp3) is 0.478. The van der Waals surface area contributed by atoms with Crippen LogP contribution in [0.25, 0.3) is 21.8 Å². The molecule has 352 valence electrons. The molecule has 1 saturated carbocycles. The lowest BCUT2D eigenvalue weighted by atomic mass is 9.60. The van der Waals surface area contributed by atoms with Crippen LogP contribution in [-0.4, -0.2) is 113 Å². The summed E-state index contributed by atoms with van der Waals surface area (Å²) < 4.78 is 75.5. The van der Waals surface area contributed by atoms with Gasteiger partial charge in [0.1, 0.15) is 23.2 Å². The van der Waals surface area contributed by atoms with E-state index in [0.29, 0.717) is 53.7 Å². The van der Waals surface area contributed by atoms with Crippen molar-refractivity contribution in [2.24, 2.45) is 12.5 Å². The van der Waals surface area contributed by atoms with E-state index in [2.05, 4.69) is 29.9 Å². The second-order valence-electron chi connectivity index (χ2n) is 18.6. The number of amides is 3. The van der Waals surface area contributed by atoms with E-state index in [9.17, 15) is 28.1 Å². The zero-order chi connectivity index (χ0) is 47.0. The minimum absolute atomic E-state index is 0.0361. The molecule has 2 N–H and O–H groups in total. The van der Waals surface area contributed by atoms with Crippen LogP contribution in [-0.2, 0) is 26.8 Å². The summed E-state index contributed by atoms with van der Waals surface area (Å²) in [5.41, 5.74) is 0.713. The topological polar surface area (TPSA) is 200 Å². The summed E-state index contributed by atoms with van der Waals surface area (Å²) in [5, 5.41) is 17.5. The van der Waals surface area contributed by atoms with Gasteiger partial charge in [-0.05, 0) is 106 Å². The number of fused-ring (bicyclic) bond motifs is 2. The van der Waals surface area contributed by atoms with Gasteiger partial charge in [0.15, 0.2) is 17.4 Å². The largest absolute Gasteiger partial charge is 0.453 e. The Morgan fingerprint density at radius 3 is 2.45 bits per heavy atom. The van der Waals surface area contributed by atoms with E-state index in [0.717, 1.165) is 74.5 Å². The Hall–Kier alpha value is -6.21. The maximum atomic E-state index is 15.8. The Kier molecular flexibility index (Phi) is 11.2. The number of carbonyl (C=O) groups excluding carboxylic acids is 2. The number of hydrogen-bond donors (Lipinski definition) is 2. The first-order valence-corrected chi connectivity index (χ1v) is 24.1. The number of piperidine rings is 2. The summed E-state index contributed by atoms with van der Waals surface area (Å²) in [4.78, 5) is 48.8. The first kappa shape index (κ1) is 44.6. The fourth-order valence-corrected chi connectivity index (χ4v) is 11.7. The molecule has 3 amide bonds. The summed E-state index contributed by atoms with van der Waals surface area (Å²) in [6, 6.07) is 11.5. The third kappa shape index (κ3) is 8.02. The average molecular weight is 940 g/mol. The van der Waals surface area contributed by atoms with Crippen molar-refractivity contribution >= 4 is 61.1 Å². The Bertz CT molecular complexity index is 3040. The summed E-state index contributed by atoms with van der Waals surface area (Å²) in [6.45, 7) is 5.78. The first-order valence-electron chi connectivity index (χ1n) is 22.6. The first-order chi connectivity index (χ1) is 32.1. The number of carbonyl (C=O) groups is 2. The van der Waals surface area contributed by atoms with Gasteiger partial charge in [-0.15, -0.1) is 0 Å². The van der Waals surface area contributed by atoms with Crippen molar-refractivity contribution in [3.8, 4) is 17.6 Å². The summed E-state index contributed by atoms with van der Waals surface area (Å²) in [7, 11) is -0.886.